The van der Waals surface area contributed by atoms with Gasteiger partial charge in [0.1, 0.15) is 0 Å². The van der Waals surface area contributed by atoms with Gasteiger partial charge in [-0.05, 0) is 18.2 Å². The van der Waals surface area contributed by atoms with Gasteiger partial charge in [0.2, 0.25) is 0 Å². The molecule has 0 fully saturated rings. The van der Waals surface area contributed by atoms with E-state index in [0.717, 1.165) is 11.0 Å². The van der Waals surface area contributed by atoms with Gasteiger partial charge in [-0.3, -0.25) is 4.79 Å². The maximum Gasteiger partial charge on any atom is 0.331 e. The van der Waals surface area contributed by atoms with Crippen molar-refractivity contribution < 1.29 is 14.3 Å². The van der Waals surface area contributed by atoms with Crippen molar-refractivity contribution in [1.29, 1.82) is 0 Å². The first-order valence-electron chi connectivity index (χ1n) is 4.68. The highest BCUT2D eigenvalue weighted by atomic mass is 35.5. The van der Waals surface area contributed by atoms with Crippen LogP contribution in [0.5, 0.6) is 0 Å². The zero-order valence-corrected chi connectivity index (χ0v) is 10.4. The molecule has 1 aliphatic heterocycles. The summed E-state index contributed by atoms with van der Waals surface area (Å²) >= 11 is 7.03. The number of thioether (sulfide) groups is 1. The second-order valence-corrected chi connectivity index (χ2v) is 4.75. The summed E-state index contributed by atoms with van der Waals surface area (Å²) in [4.78, 5) is 23.9. The number of carbonyl (C=O) groups is 2. The van der Waals surface area contributed by atoms with Crippen molar-refractivity contribution in [2.45, 2.75) is 4.90 Å². The number of amides is 1. The molecule has 0 atom stereocenters. The van der Waals surface area contributed by atoms with E-state index >= 15 is 0 Å². The number of ether oxygens (including phenoxy) is 1. The van der Waals surface area contributed by atoms with Crippen LogP contribution in [0.1, 0.15) is 0 Å². The van der Waals surface area contributed by atoms with Gasteiger partial charge in [-0.2, -0.15) is 0 Å². The van der Waals surface area contributed by atoms with E-state index in [0.29, 0.717) is 15.6 Å². The van der Waals surface area contributed by atoms with E-state index in [2.05, 4.69) is 10.1 Å². The lowest BCUT2D eigenvalue weighted by atomic mass is 10.3. The largest absolute Gasteiger partial charge is 0.466 e. The molecule has 0 saturated carbocycles. The van der Waals surface area contributed by atoms with Crippen LogP contribution in [0.3, 0.4) is 0 Å². The Hall–Kier alpha value is -1.46. The summed E-state index contributed by atoms with van der Waals surface area (Å²) in [5.74, 6) is -0.893. The van der Waals surface area contributed by atoms with Crippen molar-refractivity contribution in [1.82, 2.24) is 0 Å². The predicted octanol–water partition coefficient (Wildman–Crippen LogP) is 2.44. The van der Waals surface area contributed by atoms with E-state index in [9.17, 15) is 9.59 Å². The summed E-state index contributed by atoms with van der Waals surface area (Å²) in [7, 11) is 1.26. The summed E-state index contributed by atoms with van der Waals surface area (Å²) in [5, 5.41) is 3.21. The number of hydrogen-bond acceptors (Lipinski definition) is 4. The third-order valence-electron chi connectivity index (χ3n) is 2.08. The van der Waals surface area contributed by atoms with E-state index in [1.54, 1.807) is 18.2 Å². The normalized spacial score (nSPS) is 16.4. The quantitative estimate of drug-likeness (QED) is 0.628. The number of rotatable bonds is 1. The Morgan fingerprint density at radius 2 is 2.29 bits per heavy atom. The van der Waals surface area contributed by atoms with Crippen molar-refractivity contribution >= 4 is 40.9 Å². The number of nitrogens with one attached hydrogen (secondary N) is 1. The Bertz CT molecular complexity index is 527. The molecule has 1 aromatic carbocycles. The number of hydrogen-bond donors (Lipinski definition) is 1. The Morgan fingerprint density at radius 1 is 1.53 bits per heavy atom. The van der Waals surface area contributed by atoms with Crippen molar-refractivity contribution in [3.8, 4) is 0 Å². The maximum absolute atomic E-state index is 11.7. The number of fused-ring (bicyclic) bond motifs is 1. The summed E-state index contributed by atoms with van der Waals surface area (Å²) in [5.41, 5.74) is 0.648. The summed E-state index contributed by atoms with van der Waals surface area (Å²) < 4.78 is 4.48. The average Bonchev–Trinajstić information content (AvgIpc) is 2.30. The van der Waals surface area contributed by atoms with E-state index in [-0.39, 0.29) is 5.91 Å². The molecule has 6 heteroatoms. The van der Waals surface area contributed by atoms with E-state index in [1.807, 2.05) is 0 Å². The lowest BCUT2D eigenvalue weighted by Crippen LogP contribution is -2.18. The second-order valence-electron chi connectivity index (χ2n) is 3.23. The number of benzene rings is 1. The fourth-order valence-electron chi connectivity index (χ4n) is 1.30. The van der Waals surface area contributed by atoms with Crippen LogP contribution in [0.15, 0.2) is 34.1 Å². The molecule has 1 aliphatic rings. The molecule has 0 radical (unpaired) electrons. The first kappa shape index (κ1) is 12.0. The van der Waals surface area contributed by atoms with Gasteiger partial charge in [-0.25, -0.2) is 4.79 Å². The third kappa shape index (κ3) is 2.62. The first-order valence-corrected chi connectivity index (χ1v) is 5.88. The Morgan fingerprint density at radius 3 is 3.00 bits per heavy atom. The van der Waals surface area contributed by atoms with Gasteiger partial charge in [0.15, 0.2) is 0 Å². The third-order valence-corrected chi connectivity index (χ3v) is 3.42. The van der Waals surface area contributed by atoms with E-state index in [4.69, 9.17) is 11.6 Å². The van der Waals surface area contributed by atoms with Gasteiger partial charge in [-0.15, -0.1) is 0 Å². The number of halogens is 1. The highest BCUT2D eigenvalue weighted by Crippen LogP contribution is 2.39. The molecular formula is C11H8ClNO3S. The topological polar surface area (TPSA) is 55.4 Å². The van der Waals surface area contributed by atoms with Gasteiger partial charge >= 0.3 is 5.97 Å². The molecule has 88 valence electrons. The van der Waals surface area contributed by atoms with Crippen molar-refractivity contribution in [3.63, 3.8) is 0 Å². The van der Waals surface area contributed by atoms with Crippen LogP contribution < -0.4 is 5.32 Å². The summed E-state index contributed by atoms with van der Waals surface area (Å²) in [6.07, 6.45) is 1.16. The summed E-state index contributed by atoms with van der Waals surface area (Å²) in [6.45, 7) is 0. The monoisotopic (exact) mass is 269 g/mol. The Labute approximate surface area is 107 Å². The van der Waals surface area contributed by atoms with Crippen LogP contribution in [0.2, 0.25) is 5.02 Å². The fourth-order valence-corrected chi connectivity index (χ4v) is 2.36. The molecular weight excluding hydrogens is 262 g/mol. The molecule has 1 aromatic rings. The lowest BCUT2D eigenvalue weighted by Gasteiger charge is -2.18. The van der Waals surface area contributed by atoms with E-state index in [1.165, 1.54) is 18.9 Å². The van der Waals surface area contributed by atoms with E-state index < -0.39 is 5.97 Å². The van der Waals surface area contributed by atoms with Crippen molar-refractivity contribution in [2.75, 3.05) is 12.4 Å². The van der Waals surface area contributed by atoms with Gasteiger partial charge in [0.05, 0.1) is 17.7 Å². The molecule has 0 saturated heterocycles. The number of esters is 1. The standard InChI is InChI=1S/C11H8ClNO3S/c1-16-10(14)5-9-11(15)13-7-4-6(12)2-3-8(7)17-9/h2-5H,1H3,(H,13,15)/b9-5+. The number of methoxy groups -OCH3 is 1. The van der Waals surface area contributed by atoms with Gasteiger partial charge in [-0.1, -0.05) is 23.4 Å². The van der Waals surface area contributed by atoms with Gasteiger partial charge in [0.25, 0.3) is 5.91 Å². The zero-order valence-electron chi connectivity index (χ0n) is 8.82. The zero-order chi connectivity index (χ0) is 12.4. The SMILES string of the molecule is COC(=O)/C=C1/Sc2ccc(Cl)cc2NC1=O. The molecule has 0 bridgehead atoms. The predicted molar refractivity (Wildman–Crippen MR) is 66.0 cm³/mol. The lowest BCUT2D eigenvalue weighted by molar-refractivity contribution is -0.135. The molecule has 1 heterocycles. The van der Waals surface area contributed by atoms with Crippen LogP contribution in [-0.4, -0.2) is 19.0 Å². The molecule has 1 amide bonds. The molecule has 2 rings (SSSR count). The van der Waals surface area contributed by atoms with Gasteiger partial charge in [0, 0.05) is 16.0 Å². The van der Waals surface area contributed by atoms with Crippen LogP contribution >= 0.6 is 23.4 Å². The second kappa shape index (κ2) is 4.81. The summed E-state index contributed by atoms with van der Waals surface area (Å²) in [6, 6.07) is 5.17. The van der Waals surface area contributed by atoms with Crippen LogP contribution in [0.4, 0.5) is 5.69 Å². The van der Waals surface area contributed by atoms with Crippen molar-refractivity contribution in [2.24, 2.45) is 0 Å². The molecule has 0 aliphatic carbocycles. The van der Waals surface area contributed by atoms with Crippen LogP contribution in [0.25, 0.3) is 0 Å². The fraction of sp³-hybridized carbons (Fsp3) is 0.0909. The Kier molecular flexibility index (Phi) is 3.40. The van der Waals surface area contributed by atoms with Gasteiger partial charge < -0.3 is 10.1 Å². The molecule has 0 aromatic heterocycles. The van der Waals surface area contributed by atoms with Crippen LogP contribution in [-0.2, 0) is 14.3 Å². The minimum atomic E-state index is -0.555. The maximum atomic E-state index is 11.7. The highest BCUT2D eigenvalue weighted by molar-refractivity contribution is 8.04. The average molecular weight is 270 g/mol. The molecule has 1 N–H and O–H groups in total. The van der Waals surface area contributed by atoms with Crippen molar-refractivity contribution in [3.05, 3.63) is 34.2 Å². The minimum absolute atomic E-state index is 0.298. The molecule has 4 nitrogen and oxygen atoms in total. The Balaban J connectivity index is 2.33. The molecule has 0 unspecified atom stereocenters. The highest BCUT2D eigenvalue weighted by Gasteiger charge is 2.22. The number of anilines is 1. The molecule has 0 spiro atoms. The molecule has 17 heavy (non-hydrogen) atoms. The minimum Gasteiger partial charge on any atom is -0.466 e. The number of carbonyl (C=O) groups excluding carboxylic acids is 2. The smallest absolute Gasteiger partial charge is 0.331 e. The van der Waals surface area contributed by atoms with Crippen LogP contribution in [0, 0.1) is 0 Å². The first-order chi connectivity index (χ1) is 8.10.